The molecule has 0 aliphatic carbocycles. The Labute approximate surface area is 148 Å². The Morgan fingerprint density at radius 2 is 1.80 bits per heavy atom. The van der Waals surface area contributed by atoms with Crippen LogP contribution in [-0.2, 0) is 0 Å². The van der Waals surface area contributed by atoms with Gasteiger partial charge in [0.15, 0.2) is 0 Å². The highest BCUT2D eigenvalue weighted by atomic mass is 16.5. The Morgan fingerprint density at radius 3 is 2.52 bits per heavy atom. The molecule has 2 aromatic rings. The minimum atomic E-state index is 0.360. The minimum Gasteiger partial charge on any atom is -0.497 e. The monoisotopic (exact) mass is 342 g/mol. The van der Waals surface area contributed by atoms with Gasteiger partial charge in [-0.2, -0.15) is 0 Å². The second-order valence-electron chi connectivity index (χ2n) is 7.19. The van der Waals surface area contributed by atoms with E-state index in [2.05, 4.69) is 27.0 Å². The molecule has 2 fully saturated rings. The van der Waals surface area contributed by atoms with Crippen molar-refractivity contribution in [1.29, 1.82) is 0 Å². The number of piperidine rings is 1. The van der Waals surface area contributed by atoms with Crippen LogP contribution in [0, 0.1) is 0 Å². The number of hydrogen-bond acceptors (Lipinski definition) is 6. The van der Waals surface area contributed by atoms with Crippen LogP contribution in [-0.4, -0.2) is 66.4 Å². The van der Waals surface area contributed by atoms with Crippen molar-refractivity contribution in [3.8, 4) is 17.2 Å². The van der Waals surface area contributed by atoms with E-state index in [1.54, 1.807) is 7.11 Å². The number of nitrogens with zero attached hydrogens (tertiary/aromatic N) is 4. The number of rotatable bonds is 4. The predicted octanol–water partition coefficient (Wildman–Crippen LogP) is 2.63. The fraction of sp³-hybridized carbons (Fsp3) is 0.579. The summed E-state index contributed by atoms with van der Waals surface area (Å²) in [4.78, 5) is 5.04. The third kappa shape index (κ3) is 3.55. The van der Waals surface area contributed by atoms with E-state index in [-0.39, 0.29) is 0 Å². The van der Waals surface area contributed by atoms with Crippen molar-refractivity contribution in [3.05, 3.63) is 30.2 Å². The molecule has 3 heterocycles. The quantitative estimate of drug-likeness (QED) is 0.851. The normalized spacial score (nSPS) is 23.2. The minimum absolute atomic E-state index is 0.360. The maximum absolute atomic E-state index is 5.98. The Hall–Kier alpha value is -1.92. The lowest BCUT2D eigenvalue weighted by Crippen LogP contribution is -2.42. The summed E-state index contributed by atoms with van der Waals surface area (Å²) in [6.07, 6.45) is 3.64. The standard InChI is InChI=1S/C19H26N4O2/c1-22-10-8-16(9-11-22)23-12-7-15(13-23)19-21-20-18(25-19)14-3-5-17(24-2)6-4-14/h3-6,15-16H,7-13H2,1-2H3/t15-/m0/s1. The van der Waals surface area contributed by atoms with Crippen molar-refractivity contribution in [2.75, 3.05) is 40.3 Å². The van der Waals surface area contributed by atoms with Crippen LogP contribution in [0.5, 0.6) is 5.75 Å². The molecular formula is C19H26N4O2. The highest BCUT2D eigenvalue weighted by Gasteiger charge is 2.33. The van der Waals surface area contributed by atoms with Gasteiger partial charge >= 0.3 is 0 Å². The van der Waals surface area contributed by atoms with Gasteiger partial charge in [0.05, 0.1) is 13.0 Å². The summed E-state index contributed by atoms with van der Waals surface area (Å²) in [5.41, 5.74) is 0.935. The molecule has 6 nitrogen and oxygen atoms in total. The Kier molecular flexibility index (Phi) is 4.72. The number of ether oxygens (including phenoxy) is 1. The highest BCUT2D eigenvalue weighted by molar-refractivity contribution is 5.54. The number of aromatic nitrogens is 2. The lowest BCUT2D eigenvalue weighted by molar-refractivity contribution is 0.141. The zero-order chi connectivity index (χ0) is 17.2. The van der Waals surface area contributed by atoms with Crippen molar-refractivity contribution in [3.63, 3.8) is 0 Å². The largest absolute Gasteiger partial charge is 0.497 e. The van der Waals surface area contributed by atoms with Crippen molar-refractivity contribution < 1.29 is 9.15 Å². The Bertz CT molecular complexity index is 692. The van der Waals surface area contributed by atoms with Crippen molar-refractivity contribution >= 4 is 0 Å². The maximum Gasteiger partial charge on any atom is 0.247 e. The molecule has 1 aromatic heterocycles. The van der Waals surface area contributed by atoms with Gasteiger partial charge in [-0.25, -0.2) is 0 Å². The van der Waals surface area contributed by atoms with E-state index in [0.717, 1.165) is 36.7 Å². The molecule has 0 saturated carbocycles. The summed E-state index contributed by atoms with van der Waals surface area (Å²) < 4.78 is 11.2. The number of methoxy groups -OCH3 is 1. The molecule has 0 N–H and O–H groups in total. The van der Waals surface area contributed by atoms with Crippen LogP contribution in [0.25, 0.3) is 11.5 Å². The van der Waals surface area contributed by atoms with Crippen molar-refractivity contribution in [1.82, 2.24) is 20.0 Å². The van der Waals surface area contributed by atoms with Crippen LogP contribution in [0.1, 0.15) is 31.1 Å². The van der Waals surface area contributed by atoms with Gasteiger partial charge in [-0.3, -0.25) is 4.90 Å². The predicted molar refractivity (Wildman–Crippen MR) is 95.7 cm³/mol. The van der Waals surface area contributed by atoms with E-state index in [1.165, 1.54) is 25.9 Å². The molecule has 4 rings (SSSR count). The van der Waals surface area contributed by atoms with E-state index >= 15 is 0 Å². The van der Waals surface area contributed by atoms with Gasteiger partial charge in [0.2, 0.25) is 11.8 Å². The summed E-state index contributed by atoms with van der Waals surface area (Å²) >= 11 is 0. The van der Waals surface area contributed by atoms with Gasteiger partial charge in [0, 0.05) is 18.2 Å². The van der Waals surface area contributed by atoms with Gasteiger partial charge in [-0.1, -0.05) is 0 Å². The molecule has 0 bridgehead atoms. The van der Waals surface area contributed by atoms with Crippen LogP contribution in [0.4, 0.5) is 0 Å². The van der Waals surface area contributed by atoms with Gasteiger partial charge in [-0.05, 0) is 70.2 Å². The first kappa shape index (κ1) is 16.5. The third-order valence-corrected chi connectivity index (χ3v) is 5.55. The number of benzene rings is 1. The fourth-order valence-electron chi connectivity index (χ4n) is 3.93. The zero-order valence-electron chi connectivity index (χ0n) is 15.0. The highest BCUT2D eigenvalue weighted by Crippen LogP contribution is 2.31. The molecule has 2 aliphatic rings. The third-order valence-electron chi connectivity index (χ3n) is 5.55. The summed E-state index contributed by atoms with van der Waals surface area (Å²) in [7, 11) is 3.87. The average Bonchev–Trinajstić information content (AvgIpc) is 3.32. The van der Waals surface area contributed by atoms with Gasteiger partial charge < -0.3 is 14.1 Å². The van der Waals surface area contributed by atoms with Gasteiger partial charge in [0.25, 0.3) is 0 Å². The molecule has 2 saturated heterocycles. The molecule has 0 radical (unpaired) electrons. The summed E-state index contributed by atoms with van der Waals surface area (Å²) in [5, 5.41) is 8.58. The van der Waals surface area contributed by atoms with Crippen LogP contribution in [0.15, 0.2) is 28.7 Å². The lowest BCUT2D eigenvalue weighted by Gasteiger charge is -2.35. The van der Waals surface area contributed by atoms with Crippen molar-refractivity contribution in [2.45, 2.75) is 31.2 Å². The average molecular weight is 342 g/mol. The molecule has 0 amide bonds. The summed E-state index contributed by atoms with van der Waals surface area (Å²) in [6, 6.07) is 8.45. The summed E-state index contributed by atoms with van der Waals surface area (Å²) in [6.45, 7) is 4.58. The first-order valence-corrected chi connectivity index (χ1v) is 9.13. The van der Waals surface area contributed by atoms with Crippen LogP contribution in [0.3, 0.4) is 0 Å². The van der Waals surface area contributed by atoms with Crippen LogP contribution in [0.2, 0.25) is 0 Å². The maximum atomic E-state index is 5.98. The number of hydrogen-bond donors (Lipinski definition) is 0. The van der Waals surface area contributed by atoms with Crippen LogP contribution >= 0.6 is 0 Å². The zero-order valence-corrected chi connectivity index (χ0v) is 15.0. The molecule has 25 heavy (non-hydrogen) atoms. The van der Waals surface area contributed by atoms with E-state index < -0.39 is 0 Å². The van der Waals surface area contributed by atoms with E-state index in [1.807, 2.05) is 24.3 Å². The molecule has 1 aromatic carbocycles. The molecule has 0 unspecified atom stereocenters. The molecule has 6 heteroatoms. The molecular weight excluding hydrogens is 316 g/mol. The fourth-order valence-corrected chi connectivity index (χ4v) is 3.93. The first-order valence-electron chi connectivity index (χ1n) is 9.13. The Morgan fingerprint density at radius 1 is 1.04 bits per heavy atom. The number of likely N-dealkylation sites (tertiary alicyclic amines) is 2. The second-order valence-corrected chi connectivity index (χ2v) is 7.19. The summed E-state index contributed by atoms with van der Waals surface area (Å²) in [5.74, 6) is 2.56. The van der Waals surface area contributed by atoms with Gasteiger partial charge in [-0.15, -0.1) is 10.2 Å². The molecule has 2 aliphatic heterocycles. The Balaban J connectivity index is 1.40. The van der Waals surface area contributed by atoms with Gasteiger partial charge in [0.1, 0.15) is 5.75 Å². The van der Waals surface area contributed by atoms with E-state index in [4.69, 9.17) is 9.15 Å². The first-order chi connectivity index (χ1) is 12.2. The van der Waals surface area contributed by atoms with E-state index in [0.29, 0.717) is 17.9 Å². The molecule has 1 atom stereocenters. The van der Waals surface area contributed by atoms with Crippen LogP contribution < -0.4 is 4.74 Å². The SMILES string of the molecule is COc1ccc(-c2nnc([C@H]3CCN(C4CCN(C)CC4)C3)o2)cc1. The topological polar surface area (TPSA) is 54.6 Å². The lowest BCUT2D eigenvalue weighted by atomic mass is 10.0. The van der Waals surface area contributed by atoms with Crippen molar-refractivity contribution in [2.24, 2.45) is 0 Å². The molecule has 0 spiro atoms. The molecule has 134 valence electrons. The van der Waals surface area contributed by atoms with E-state index in [9.17, 15) is 0 Å². The smallest absolute Gasteiger partial charge is 0.247 e. The second kappa shape index (κ2) is 7.14.